The molecule has 0 aliphatic rings. The Hall–Kier alpha value is -4.20. The number of hydrogen-bond donors (Lipinski definition) is 1. The minimum Gasteiger partial charge on any atom is -0.494 e. The van der Waals surface area contributed by atoms with Crippen LogP contribution in [0, 0.1) is 11.6 Å². The van der Waals surface area contributed by atoms with Crippen LogP contribution in [0.1, 0.15) is 28.5 Å². The van der Waals surface area contributed by atoms with Gasteiger partial charge in [0.05, 0.1) is 13.2 Å². The number of rotatable bonds is 9. The second-order valence-corrected chi connectivity index (χ2v) is 7.42. The van der Waals surface area contributed by atoms with Gasteiger partial charge in [0, 0.05) is 11.8 Å². The minimum atomic E-state index is -0.855. The van der Waals surface area contributed by atoms with Gasteiger partial charge in [0.25, 0.3) is 5.91 Å². The fraction of sp³-hybridized carbons (Fsp3) is 0.154. The van der Waals surface area contributed by atoms with Crippen molar-refractivity contribution in [1.82, 2.24) is 9.78 Å². The number of ether oxygens (including phenoxy) is 2. The summed E-state index contributed by atoms with van der Waals surface area (Å²) in [5.74, 6) is -0.921. The van der Waals surface area contributed by atoms with Crippen molar-refractivity contribution < 1.29 is 23.0 Å². The summed E-state index contributed by atoms with van der Waals surface area (Å²) in [6, 6.07) is 20.1. The van der Waals surface area contributed by atoms with Crippen LogP contribution < -0.4 is 14.8 Å². The fourth-order valence-corrected chi connectivity index (χ4v) is 3.33. The zero-order chi connectivity index (χ0) is 23.9. The molecule has 8 heteroatoms. The Morgan fingerprint density at radius 3 is 2.41 bits per heavy atom. The van der Waals surface area contributed by atoms with Crippen molar-refractivity contribution in [3.8, 4) is 11.5 Å². The molecular weight excluding hydrogens is 440 g/mol. The molecule has 0 bridgehead atoms. The molecule has 0 radical (unpaired) electrons. The SMILES string of the molecule is CCOc1ccc(COc2ccccc2Cn2ccc(C(=O)Nc3c(F)cccc3F)n2)cc1. The van der Waals surface area contributed by atoms with E-state index in [2.05, 4.69) is 10.4 Å². The van der Waals surface area contributed by atoms with Crippen LogP contribution in [-0.2, 0) is 13.2 Å². The van der Waals surface area contributed by atoms with E-state index in [0.29, 0.717) is 25.5 Å². The molecule has 0 aliphatic carbocycles. The third-order valence-electron chi connectivity index (χ3n) is 5.01. The zero-order valence-electron chi connectivity index (χ0n) is 18.5. The van der Waals surface area contributed by atoms with E-state index >= 15 is 0 Å². The van der Waals surface area contributed by atoms with Crippen LogP contribution in [0.2, 0.25) is 0 Å². The number of anilines is 1. The lowest BCUT2D eigenvalue weighted by Gasteiger charge is -2.12. The number of amides is 1. The predicted octanol–water partition coefficient (Wildman–Crippen LogP) is 5.44. The van der Waals surface area contributed by atoms with E-state index < -0.39 is 23.2 Å². The number of nitrogens with one attached hydrogen (secondary N) is 1. The molecular formula is C26H23F2N3O3. The van der Waals surface area contributed by atoms with Crippen LogP contribution in [0.4, 0.5) is 14.5 Å². The summed E-state index contributed by atoms with van der Waals surface area (Å²) in [5, 5.41) is 6.47. The minimum absolute atomic E-state index is 0.0374. The second kappa shape index (κ2) is 10.6. The Labute approximate surface area is 195 Å². The highest BCUT2D eigenvalue weighted by atomic mass is 19.1. The molecule has 0 unspecified atom stereocenters. The van der Waals surface area contributed by atoms with Gasteiger partial charge < -0.3 is 14.8 Å². The Morgan fingerprint density at radius 1 is 0.941 bits per heavy atom. The molecule has 1 amide bonds. The Kier molecular flexibility index (Phi) is 7.17. The number of aromatic nitrogens is 2. The molecule has 0 aliphatic heterocycles. The molecule has 1 N–H and O–H groups in total. The average molecular weight is 463 g/mol. The maximum atomic E-state index is 13.8. The van der Waals surface area contributed by atoms with E-state index in [1.807, 2.05) is 55.5 Å². The highest BCUT2D eigenvalue weighted by Gasteiger charge is 2.16. The molecule has 0 spiro atoms. The molecule has 174 valence electrons. The van der Waals surface area contributed by atoms with Gasteiger partial charge in [-0.1, -0.05) is 36.4 Å². The topological polar surface area (TPSA) is 65.4 Å². The van der Waals surface area contributed by atoms with E-state index in [4.69, 9.17) is 9.47 Å². The van der Waals surface area contributed by atoms with Crippen molar-refractivity contribution in [3.63, 3.8) is 0 Å². The summed E-state index contributed by atoms with van der Waals surface area (Å²) in [6.45, 7) is 3.27. The van der Waals surface area contributed by atoms with E-state index in [9.17, 15) is 13.6 Å². The van der Waals surface area contributed by atoms with Crippen molar-refractivity contribution in [2.24, 2.45) is 0 Å². The van der Waals surface area contributed by atoms with Crippen molar-refractivity contribution in [2.45, 2.75) is 20.1 Å². The van der Waals surface area contributed by atoms with Gasteiger partial charge in [-0.2, -0.15) is 5.10 Å². The van der Waals surface area contributed by atoms with Gasteiger partial charge in [0.2, 0.25) is 0 Å². The Bertz CT molecular complexity index is 1250. The third kappa shape index (κ3) is 5.58. The lowest BCUT2D eigenvalue weighted by molar-refractivity contribution is 0.102. The molecule has 0 saturated heterocycles. The summed E-state index contributed by atoms with van der Waals surface area (Å²) >= 11 is 0. The fourth-order valence-electron chi connectivity index (χ4n) is 3.33. The number of hydrogen-bond acceptors (Lipinski definition) is 4. The molecule has 0 saturated carbocycles. The van der Waals surface area contributed by atoms with Crippen molar-refractivity contribution in [3.05, 3.63) is 107 Å². The normalized spacial score (nSPS) is 10.7. The van der Waals surface area contributed by atoms with Crippen LogP contribution in [-0.4, -0.2) is 22.3 Å². The average Bonchev–Trinajstić information content (AvgIpc) is 3.31. The number of halogens is 2. The standard InChI is InChI=1S/C26H23F2N3O3/c1-2-33-20-12-10-18(11-13-20)17-34-24-9-4-3-6-19(24)16-31-15-14-23(30-31)26(32)29-25-21(27)7-5-8-22(25)28/h3-15H,2,16-17H2,1H3,(H,29,32). The van der Waals surface area contributed by atoms with Crippen LogP contribution >= 0.6 is 0 Å². The van der Waals surface area contributed by atoms with Crippen LogP contribution in [0.25, 0.3) is 0 Å². The van der Waals surface area contributed by atoms with Gasteiger partial charge in [-0.05, 0) is 48.9 Å². The van der Waals surface area contributed by atoms with Crippen LogP contribution in [0.15, 0.2) is 79.0 Å². The second-order valence-electron chi connectivity index (χ2n) is 7.42. The summed E-state index contributed by atoms with van der Waals surface area (Å²) in [4.78, 5) is 12.4. The highest BCUT2D eigenvalue weighted by molar-refractivity contribution is 6.02. The zero-order valence-corrected chi connectivity index (χ0v) is 18.5. The van der Waals surface area contributed by atoms with E-state index in [1.54, 1.807) is 10.9 Å². The molecule has 0 fully saturated rings. The van der Waals surface area contributed by atoms with Gasteiger partial charge in [-0.15, -0.1) is 0 Å². The number of nitrogens with zero attached hydrogens (tertiary/aromatic N) is 2. The first kappa shape index (κ1) is 23.0. The summed E-state index contributed by atoms with van der Waals surface area (Å²) in [6.07, 6.45) is 1.62. The number of para-hydroxylation sites is 2. The maximum Gasteiger partial charge on any atom is 0.276 e. The first-order valence-corrected chi connectivity index (χ1v) is 10.7. The Balaban J connectivity index is 1.41. The van der Waals surface area contributed by atoms with Gasteiger partial charge in [0.1, 0.15) is 35.4 Å². The van der Waals surface area contributed by atoms with Crippen molar-refractivity contribution in [1.29, 1.82) is 0 Å². The Morgan fingerprint density at radius 2 is 1.68 bits per heavy atom. The van der Waals surface area contributed by atoms with Crippen molar-refractivity contribution in [2.75, 3.05) is 11.9 Å². The molecule has 0 atom stereocenters. The van der Waals surface area contributed by atoms with E-state index in [-0.39, 0.29) is 5.69 Å². The predicted molar refractivity (Wildman–Crippen MR) is 124 cm³/mol. The maximum absolute atomic E-state index is 13.8. The highest BCUT2D eigenvalue weighted by Crippen LogP contribution is 2.22. The van der Waals surface area contributed by atoms with Crippen LogP contribution in [0.5, 0.6) is 11.5 Å². The van der Waals surface area contributed by atoms with Gasteiger partial charge in [-0.25, -0.2) is 8.78 Å². The third-order valence-corrected chi connectivity index (χ3v) is 5.01. The molecule has 1 heterocycles. The number of carbonyl (C=O) groups excluding carboxylic acids is 1. The molecule has 3 aromatic carbocycles. The number of benzene rings is 3. The molecule has 1 aromatic heterocycles. The largest absolute Gasteiger partial charge is 0.494 e. The number of carbonyl (C=O) groups is 1. The van der Waals surface area contributed by atoms with Gasteiger partial charge in [0.15, 0.2) is 5.69 Å². The van der Waals surface area contributed by atoms with Gasteiger partial charge >= 0.3 is 0 Å². The van der Waals surface area contributed by atoms with Crippen LogP contribution in [0.3, 0.4) is 0 Å². The molecule has 4 aromatic rings. The summed E-state index contributed by atoms with van der Waals surface area (Å²) < 4.78 is 40.7. The molecule has 4 rings (SSSR count). The lowest BCUT2D eigenvalue weighted by atomic mass is 10.2. The van der Waals surface area contributed by atoms with Gasteiger partial charge in [-0.3, -0.25) is 9.48 Å². The lowest BCUT2D eigenvalue weighted by Crippen LogP contribution is -2.15. The first-order chi connectivity index (χ1) is 16.5. The monoisotopic (exact) mass is 463 g/mol. The van der Waals surface area contributed by atoms with E-state index in [1.165, 1.54) is 12.1 Å². The van der Waals surface area contributed by atoms with Crippen molar-refractivity contribution >= 4 is 11.6 Å². The summed E-state index contributed by atoms with van der Waals surface area (Å²) in [5.41, 5.74) is 1.39. The first-order valence-electron chi connectivity index (χ1n) is 10.7. The quantitative estimate of drug-likeness (QED) is 0.359. The molecule has 6 nitrogen and oxygen atoms in total. The van der Waals surface area contributed by atoms with E-state index in [0.717, 1.165) is 29.0 Å². The summed E-state index contributed by atoms with van der Waals surface area (Å²) in [7, 11) is 0. The molecule has 34 heavy (non-hydrogen) atoms. The smallest absolute Gasteiger partial charge is 0.276 e.